The largest absolute Gasteiger partial charge is 0.272 e. The first-order valence-corrected chi connectivity index (χ1v) is 7.27. The summed E-state index contributed by atoms with van der Waals surface area (Å²) < 4.78 is 0. The molecule has 0 fully saturated rings. The molecule has 0 radical (unpaired) electrons. The fraction of sp³-hybridized carbons (Fsp3) is 0.111. The normalized spacial score (nSPS) is 11.5. The van der Waals surface area contributed by atoms with Crippen LogP contribution in [0.2, 0.25) is 0 Å². The zero-order valence-electron chi connectivity index (χ0n) is 12.9. The van der Waals surface area contributed by atoms with E-state index in [1.54, 1.807) is 19.2 Å². The second kappa shape index (κ2) is 6.36. The summed E-state index contributed by atoms with van der Waals surface area (Å²) in [6.07, 6.45) is 1.69. The van der Waals surface area contributed by atoms with E-state index in [4.69, 9.17) is 0 Å². The van der Waals surface area contributed by atoms with Crippen LogP contribution in [0.25, 0.3) is 10.9 Å². The number of hydrogen-bond donors (Lipinski definition) is 1. The van der Waals surface area contributed by atoms with E-state index in [1.807, 2.05) is 49.4 Å². The molecule has 0 bridgehead atoms. The Labute approximate surface area is 134 Å². The van der Waals surface area contributed by atoms with E-state index in [-0.39, 0.29) is 5.91 Å². The highest BCUT2D eigenvalue weighted by molar-refractivity contribution is 6.07. The lowest BCUT2D eigenvalue weighted by atomic mass is 10.1. The molecule has 1 N–H and O–H groups in total. The number of hydrazone groups is 1. The standard InChI is InChI=1S/C18H16N4O/c1-12-11-15(14-7-3-4-9-17(14)20-12)18(23)22-21-13(2)16-8-5-6-10-19-16/h3-11H,1-2H3,(H,22,23). The van der Waals surface area contributed by atoms with E-state index in [2.05, 4.69) is 20.5 Å². The predicted octanol–water partition coefficient (Wildman–Crippen LogP) is 3.09. The molecule has 114 valence electrons. The van der Waals surface area contributed by atoms with Crippen molar-refractivity contribution in [2.24, 2.45) is 5.10 Å². The summed E-state index contributed by atoms with van der Waals surface area (Å²) in [6, 6.07) is 14.9. The SMILES string of the molecule is CC(=NNC(=O)c1cc(C)nc2ccccc12)c1ccccn1. The third-order valence-corrected chi connectivity index (χ3v) is 3.45. The summed E-state index contributed by atoms with van der Waals surface area (Å²) in [5, 5.41) is 4.95. The van der Waals surface area contributed by atoms with Crippen LogP contribution in [0.4, 0.5) is 0 Å². The highest BCUT2D eigenvalue weighted by Gasteiger charge is 2.11. The lowest BCUT2D eigenvalue weighted by molar-refractivity contribution is 0.0956. The van der Waals surface area contributed by atoms with Crippen LogP contribution in [0.3, 0.4) is 0 Å². The van der Waals surface area contributed by atoms with Gasteiger partial charge in [0.25, 0.3) is 5.91 Å². The molecule has 3 rings (SSSR count). The van der Waals surface area contributed by atoms with Crippen molar-refractivity contribution in [3.8, 4) is 0 Å². The maximum Gasteiger partial charge on any atom is 0.272 e. The number of carbonyl (C=O) groups excluding carboxylic acids is 1. The minimum atomic E-state index is -0.262. The molecular weight excluding hydrogens is 288 g/mol. The number of amides is 1. The molecule has 23 heavy (non-hydrogen) atoms. The number of benzene rings is 1. The summed E-state index contributed by atoms with van der Waals surface area (Å²) >= 11 is 0. The Morgan fingerprint density at radius 3 is 2.70 bits per heavy atom. The lowest BCUT2D eigenvalue weighted by Crippen LogP contribution is -2.20. The number of aryl methyl sites for hydroxylation is 1. The highest BCUT2D eigenvalue weighted by atomic mass is 16.2. The first kappa shape index (κ1) is 14.8. The Bertz CT molecular complexity index is 888. The third-order valence-electron chi connectivity index (χ3n) is 3.45. The van der Waals surface area contributed by atoms with E-state index in [0.717, 1.165) is 22.3 Å². The van der Waals surface area contributed by atoms with Crippen LogP contribution in [0.5, 0.6) is 0 Å². The molecule has 0 aliphatic carbocycles. The molecule has 0 saturated heterocycles. The Morgan fingerprint density at radius 1 is 1.13 bits per heavy atom. The molecule has 0 aliphatic heterocycles. The number of hydrogen-bond acceptors (Lipinski definition) is 4. The third kappa shape index (κ3) is 3.23. The molecule has 0 aliphatic rings. The Balaban J connectivity index is 1.90. The molecule has 2 heterocycles. The van der Waals surface area contributed by atoms with Gasteiger partial charge in [0.05, 0.1) is 22.5 Å². The summed E-state index contributed by atoms with van der Waals surface area (Å²) in [6.45, 7) is 3.67. The number of para-hydroxylation sites is 1. The van der Waals surface area contributed by atoms with Crippen LogP contribution in [0.1, 0.15) is 28.7 Å². The molecule has 3 aromatic rings. The van der Waals surface area contributed by atoms with Gasteiger partial charge in [-0.1, -0.05) is 24.3 Å². The van der Waals surface area contributed by atoms with E-state index in [0.29, 0.717) is 11.3 Å². The minimum absolute atomic E-state index is 0.262. The number of nitrogens with zero attached hydrogens (tertiary/aromatic N) is 3. The molecule has 0 spiro atoms. The van der Waals surface area contributed by atoms with Gasteiger partial charge >= 0.3 is 0 Å². The molecule has 0 unspecified atom stereocenters. The van der Waals surface area contributed by atoms with Crippen molar-refractivity contribution in [3.63, 3.8) is 0 Å². The van der Waals surface area contributed by atoms with Crippen molar-refractivity contribution < 1.29 is 4.79 Å². The van der Waals surface area contributed by atoms with Crippen LogP contribution in [-0.4, -0.2) is 21.6 Å². The van der Waals surface area contributed by atoms with E-state index >= 15 is 0 Å². The molecule has 0 atom stereocenters. The molecule has 1 amide bonds. The number of rotatable bonds is 3. The summed E-state index contributed by atoms with van der Waals surface area (Å²) in [7, 11) is 0. The van der Waals surface area contributed by atoms with Crippen molar-refractivity contribution in [2.75, 3.05) is 0 Å². The Kier molecular flexibility index (Phi) is 4.10. The van der Waals surface area contributed by atoms with Gasteiger partial charge in [0.2, 0.25) is 0 Å². The summed E-state index contributed by atoms with van der Waals surface area (Å²) in [5.74, 6) is -0.262. The monoisotopic (exact) mass is 304 g/mol. The van der Waals surface area contributed by atoms with Gasteiger partial charge in [-0.2, -0.15) is 5.10 Å². The first-order valence-electron chi connectivity index (χ1n) is 7.27. The van der Waals surface area contributed by atoms with E-state index in [9.17, 15) is 4.79 Å². The van der Waals surface area contributed by atoms with Crippen molar-refractivity contribution in [1.82, 2.24) is 15.4 Å². The predicted molar refractivity (Wildman–Crippen MR) is 90.4 cm³/mol. The number of nitrogens with one attached hydrogen (secondary N) is 1. The van der Waals surface area contributed by atoms with Gasteiger partial charge < -0.3 is 0 Å². The Hall–Kier alpha value is -3.08. The molecule has 1 aromatic carbocycles. The quantitative estimate of drug-likeness (QED) is 0.597. The molecular formula is C18H16N4O. The number of pyridine rings is 2. The van der Waals surface area contributed by atoms with Crippen LogP contribution < -0.4 is 5.43 Å². The fourth-order valence-electron chi connectivity index (χ4n) is 2.32. The van der Waals surface area contributed by atoms with Gasteiger partial charge in [0.1, 0.15) is 0 Å². The maximum absolute atomic E-state index is 12.5. The van der Waals surface area contributed by atoms with Crippen molar-refractivity contribution in [3.05, 3.63) is 71.7 Å². The van der Waals surface area contributed by atoms with Crippen LogP contribution in [-0.2, 0) is 0 Å². The van der Waals surface area contributed by atoms with Gasteiger partial charge in [-0.25, -0.2) is 5.43 Å². The zero-order chi connectivity index (χ0) is 16.2. The fourth-order valence-corrected chi connectivity index (χ4v) is 2.32. The molecule has 0 saturated carbocycles. The number of aromatic nitrogens is 2. The zero-order valence-corrected chi connectivity index (χ0v) is 12.9. The second-order valence-electron chi connectivity index (χ2n) is 5.18. The average molecular weight is 304 g/mol. The van der Waals surface area contributed by atoms with Crippen molar-refractivity contribution >= 4 is 22.5 Å². The maximum atomic E-state index is 12.5. The van der Waals surface area contributed by atoms with Gasteiger partial charge in [0.15, 0.2) is 0 Å². The van der Waals surface area contributed by atoms with Gasteiger partial charge in [-0.15, -0.1) is 0 Å². The van der Waals surface area contributed by atoms with Crippen LogP contribution >= 0.6 is 0 Å². The Morgan fingerprint density at radius 2 is 1.91 bits per heavy atom. The smallest absolute Gasteiger partial charge is 0.267 e. The molecule has 5 nitrogen and oxygen atoms in total. The lowest BCUT2D eigenvalue weighted by Gasteiger charge is -2.07. The summed E-state index contributed by atoms with van der Waals surface area (Å²) in [5.41, 5.74) is 6.12. The second-order valence-corrected chi connectivity index (χ2v) is 5.18. The van der Waals surface area contributed by atoms with Gasteiger partial charge in [-0.05, 0) is 38.1 Å². The molecule has 5 heteroatoms. The first-order chi connectivity index (χ1) is 11.1. The summed E-state index contributed by atoms with van der Waals surface area (Å²) in [4.78, 5) is 21.1. The average Bonchev–Trinajstić information content (AvgIpc) is 2.59. The van der Waals surface area contributed by atoms with Crippen LogP contribution in [0, 0.1) is 6.92 Å². The highest BCUT2D eigenvalue weighted by Crippen LogP contribution is 2.18. The number of fused-ring (bicyclic) bond motifs is 1. The van der Waals surface area contributed by atoms with Crippen molar-refractivity contribution in [2.45, 2.75) is 13.8 Å². The van der Waals surface area contributed by atoms with Gasteiger partial charge in [0, 0.05) is 17.3 Å². The number of carbonyl (C=O) groups is 1. The van der Waals surface area contributed by atoms with Crippen LogP contribution in [0.15, 0.2) is 59.8 Å². The minimum Gasteiger partial charge on any atom is -0.267 e. The van der Waals surface area contributed by atoms with Crippen molar-refractivity contribution in [1.29, 1.82) is 0 Å². The topological polar surface area (TPSA) is 67.2 Å². The van der Waals surface area contributed by atoms with E-state index in [1.165, 1.54) is 0 Å². The van der Waals surface area contributed by atoms with E-state index < -0.39 is 0 Å². The molecule has 2 aromatic heterocycles. The van der Waals surface area contributed by atoms with Gasteiger partial charge in [-0.3, -0.25) is 14.8 Å².